The van der Waals surface area contributed by atoms with Crippen molar-refractivity contribution >= 4 is 17.8 Å². The Balaban J connectivity index is 1.73. The summed E-state index contributed by atoms with van der Waals surface area (Å²) in [6, 6.07) is 7.52. The van der Waals surface area contributed by atoms with Crippen molar-refractivity contribution in [2.24, 2.45) is 5.92 Å². The van der Waals surface area contributed by atoms with E-state index >= 15 is 0 Å². The molecule has 1 saturated carbocycles. The van der Waals surface area contributed by atoms with Crippen LogP contribution in [0, 0.1) is 5.92 Å². The predicted octanol–water partition coefficient (Wildman–Crippen LogP) is 3.29. The first kappa shape index (κ1) is 22.9. The molecule has 0 spiro atoms. The minimum Gasteiger partial charge on any atom is -0.454 e. The summed E-state index contributed by atoms with van der Waals surface area (Å²) in [5.41, 5.74) is 1.62. The molecule has 0 atom stereocenters. The zero-order valence-electron chi connectivity index (χ0n) is 18.3. The first-order valence-corrected chi connectivity index (χ1v) is 10.4. The van der Waals surface area contributed by atoms with Gasteiger partial charge in [0.2, 0.25) is 0 Å². The van der Waals surface area contributed by atoms with Crippen molar-refractivity contribution in [3.8, 4) is 0 Å². The summed E-state index contributed by atoms with van der Waals surface area (Å²) in [5, 5.41) is 2.54. The molecule has 1 aliphatic rings. The molecule has 6 nitrogen and oxygen atoms in total. The Morgan fingerprint density at radius 3 is 2.21 bits per heavy atom. The average molecular weight is 403 g/mol. The molecule has 0 bridgehead atoms. The third-order valence-corrected chi connectivity index (χ3v) is 5.69. The maximum atomic E-state index is 12.3. The highest BCUT2D eigenvalue weighted by Gasteiger charge is 2.25. The number of carbonyl (C=O) groups excluding carboxylic acids is 3. The van der Waals surface area contributed by atoms with Crippen molar-refractivity contribution in [2.45, 2.75) is 64.8 Å². The van der Waals surface area contributed by atoms with Crippen molar-refractivity contribution in [3.63, 3.8) is 0 Å². The number of benzene rings is 1. The third kappa shape index (κ3) is 6.87. The number of ether oxygens (including phenoxy) is 1. The summed E-state index contributed by atoms with van der Waals surface area (Å²) in [6.07, 6.45) is 4.21. The van der Waals surface area contributed by atoms with E-state index in [1.54, 1.807) is 24.1 Å². The Hall–Kier alpha value is -2.37. The highest BCUT2D eigenvalue weighted by Crippen LogP contribution is 2.26. The zero-order chi connectivity index (χ0) is 21.6. The fourth-order valence-electron chi connectivity index (χ4n) is 3.50. The van der Waals surface area contributed by atoms with Crippen molar-refractivity contribution in [2.75, 3.05) is 20.2 Å². The number of nitrogens with one attached hydrogen (secondary N) is 1. The van der Waals surface area contributed by atoms with E-state index in [0.29, 0.717) is 11.5 Å². The van der Waals surface area contributed by atoms with Gasteiger partial charge < -0.3 is 15.0 Å². The third-order valence-electron chi connectivity index (χ3n) is 5.69. The number of nitrogens with zero attached hydrogens (tertiary/aromatic N) is 1. The first-order valence-electron chi connectivity index (χ1n) is 10.4. The van der Waals surface area contributed by atoms with Gasteiger partial charge in [-0.05, 0) is 54.7 Å². The maximum Gasteiger partial charge on any atom is 0.325 e. The quantitative estimate of drug-likeness (QED) is 0.741. The molecule has 6 heteroatoms. The number of esters is 1. The van der Waals surface area contributed by atoms with E-state index in [1.165, 1.54) is 0 Å². The lowest BCUT2D eigenvalue weighted by Crippen LogP contribution is -2.42. The molecule has 0 unspecified atom stereocenters. The lowest BCUT2D eigenvalue weighted by Gasteiger charge is -2.33. The molecule has 0 aliphatic heterocycles. The monoisotopic (exact) mass is 402 g/mol. The minimum absolute atomic E-state index is 0.00832. The molecule has 0 aromatic heterocycles. The number of likely N-dealkylation sites (N-methyl/N-ethyl adjacent to an activating group) is 1. The molecule has 0 radical (unpaired) electrons. The van der Waals surface area contributed by atoms with Crippen LogP contribution >= 0.6 is 0 Å². The predicted molar refractivity (Wildman–Crippen MR) is 113 cm³/mol. The van der Waals surface area contributed by atoms with E-state index in [-0.39, 0.29) is 36.4 Å². The fraction of sp³-hybridized carbons (Fsp3) is 0.609. The van der Waals surface area contributed by atoms with Crippen LogP contribution in [0.5, 0.6) is 0 Å². The van der Waals surface area contributed by atoms with E-state index in [2.05, 4.69) is 33.0 Å². The van der Waals surface area contributed by atoms with Gasteiger partial charge in [-0.2, -0.15) is 0 Å². The van der Waals surface area contributed by atoms with E-state index in [0.717, 1.165) is 31.2 Å². The number of carbonyl (C=O) groups is 3. The van der Waals surface area contributed by atoms with Gasteiger partial charge in [0.1, 0.15) is 6.54 Å². The van der Waals surface area contributed by atoms with Crippen LogP contribution in [0.25, 0.3) is 0 Å². The maximum absolute atomic E-state index is 12.3. The number of rotatable bonds is 6. The number of hydrogen-bond donors (Lipinski definition) is 1. The highest BCUT2D eigenvalue weighted by molar-refractivity contribution is 5.96. The van der Waals surface area contributed by atoms with Crippen LogP contribution in [0.15, 0.2) is 24.3 Å². The normalized spacial score (nSPS) is 19.3. The Labute approximate surface area is 174 Å². The summed E-state index contributed by atoms with van der Waals surface area (Å²) in [5.74, 6) is -0.464. The molecule has 1 aromatic rings. The van der Waals surface area contributed by atoms with Gasteiger partial charge in [0.25, 0.3) is 11.8 Å². The van der Waals surface area contributed by atoms with Crippen LogP contribution < -0.4 is 5.32 Å². The van der Waals surface area contributed by atoms with Gasteiger partial charge in [0.05, 0.1) is 0 Å². The van der Waals surface area contributed by atoms with Gasteiger partial charge in [-0.1, -0.05) is 39.8 Å². The second kappa shape index (κ2) is 9.90. The fourth-order valence-corrected chi connectivity index (χ4v) is 3.50. The van der Waals surface area contributed by atoms with Crippen molar-refractivity contribution in [1.82, 2.24) is 10.2 Å². The Morgan fingerprint density at radius 2 is 1.66 bits per heavy atom. The molecule has 160 valence electrons. The van der Waals surface area contributed by atoms with Crippen LogP contribution in [0.4, 0.5) is 0 Å². The molecule has 1 aromatic carbocycles. The average Bonchev–Trinajstić information content (AvgIpc) is 2.69. The standard InChI is InChI=1S/C23H34N2O4/c1-16-6-12-19(13-7-16)25(5)20(26)15-29-21(27)14-24-22(28)17-8-10-18(11-9-17)23(2,3)4/h8-11,16,19H,6-7,12-15H2,1-5H3,(H,24,28). The molecule has 0 heterocycles. The summed E-state index contributed by atoms with van der Waals surface area (Å²) in [6.45, 7) is 7.98. The van der Waals surface area contributed by atoms with Gasteiger partial charge in [-0.25, -0.2) is 0 Å². The van der Waals surface area contributed by atoms with Gasteiger partial charge in [0, 0.05) is 18.7 Å². The smallest absolute Gasteiger partial charge is 0.325 e. The molecular weight excluding hydrogens is 368 g/mol. The van der Waals surface area contributed by atoms with Crippen LogP contribution in [-0.2, 0) is 19.7 Å². The SMILES string of the molecule is CC1CCC(N(C)C(=O)COC(=O)CNC(=O)c2ccc(C(C)(C)C)cc2)CC1. The molecule has 1 aliphatic carbocycles. The Bertz CT molecular complexity index is 713. The molecule has 0 saturated heterocycles. The van der Waals surface area contributed by atoms with Crippen molar-refractivity contribution in [3.05, 3.63) is 35.4 Å². The molecule has 29 heavy (non-hydrogen) atoms. The van der Waals surface area contributed by atoms with Gasteiger partial charge in [0.15, 0.2) is 6.61 Å². The van der Waals surface area contributed by atoms with Gasteiger partial charge in [-0.15, -0.1) is 0 Å². The molecular formula is C23H34N2O4. The summed E-state index contributed by atoms with van der Waals surface area (Å²) in [7, 11) is 1.76. The Kier molecular flexibility index (Phi) is 7.82. The van der Waals surface area contributed by atoms with Crippen LogP contribution in [0.1, 0.15) is 69.3 Å². The summed E-state index contributed by atoms with van der Waals surface area (Å²) < 4.78 is 5.04. The largest absolute Gasteiger partial charge is 0.454 e. The van der Waals surface area contributed by atoms with Crippen LogP contribution in [0.3, 0.4) is 0 Å². The molecule has 2 rings (SSSR count). The number of hydrogen-bond acceptors (Lipinski definition) is 4. The lowest BCUT2D eigenvalue weighted by molar-refractivity contribution is -0.151. The van der Waals surface area contributed by atoms with E-state index < -0.39 is 5.97 Å². The van der Waals surface area contributed by atoms with Crippen molar-refractivity contribution < 1.29 is 19.1 Å². The number of amides is 2. The molecule has 1 fully saturated rings. The Morgan fingerprint density at radius 1 is 1.07 bits per heavy atom. The highest BCUT2D eigenvalue weighted by atomic mass is 16.5. The van der Waals surface area contributed by atoms with Gasteiger partial charge in [-0.3, -0.25) is 14.4 Å². The molecule has 2 amide bonds. The molecule has 1 N–H and O–H groups in total. The lowest BCUT2D eigenvalue weighted by atomic mass is 9.87. The van der Waals surface area contributed by atoms with E-state index in [1.807, 2.05) is 12.1 Å². The second-order valence-corrected chi connectivity index (χ2v) is 9.09. The van der Waals surface area contributed by atoms with Crippen LogP contribution in [-0.4, -0.2) is 48.9 Å². The van der Waals surface area contributed by atoms with Crippen LogP contribution in [0.2, 0.25) is 0 Å². The second-order valence-electron chi connectivity index (χ2n) is 9.09. The van der Waals surface area contributed by atoms with Crippen molar-refractivity contribution in [1.29, 1.82) is 0 Å². The van der Waals surface area contributed by atoms with E-state index in [4.69, 9.17) is 4.74 Å². The first-order chi connectivity index (χ1) is 13.6. The van der Waals surface area contributed by atoms with Gasteiger partial charge >= 0.3 is 5.97 Å². The minimum atomic E-state index is -0.622. The zero-order valence-corrected chi connectivity index (χ0v) is 18.3. The topological polar surface area (TPSA) is 75.7 Å². The van der Waals surface area contributed by atoms with E-state index in [9.17, 15) is 14.4 Å². The summed E-state index contributed by atoms with van der Waals surface area (Å²) in [4.78, 5) is 38.0. The summed E-state index contributed by atoms with van der Waals surface area (Å²) >= 11 is 0.